The number of oxazole rings is 1. The highest BCUT2D eigenvalue weighted by molar-refractivity contribution is 8.00. The number of carboxylic acids is 1. The molecule has 38 heavy (non-hydrogen) atoms. The molecule has 0 saturated carbocycles. The standard InChI is InChI=1S/C23H22N8O6S/c1-3-36-29-15(12-7-25-23(24)26-8-12)18(32)28-16-19(33)31-17(22(34)35)13(10-38-21(16)31)9-30-6-4-5-14-20(30)37-11(2)27-14/h4-8,16,21H,3,9-10H2,1-2H3,(H3-,24,25,26,28,29,32,34,35)/t16?,21-/m0/s1. The Hall–Kier alpha value is -4.53. The molecule has 5 rings (SSSR count). The lowest BCUT2D eigenvalue weighted by Crippen LogP contribution is -2.71. The molecule has 0 radical (unpaired) electrons. The molecule has 2 atom stereocenters. The van der Waals surface area contributed by atoms with E-state index in [-0.39, 0.29) is 41.8 Å². The van der Waals surface area contributed by atoms with Crippen LogP contribution in [0.5, 0.6) is 0 Å². The van der Waals surface area contributed by atoms with Crippen LogP contribution < -0.4 is 20.7 Å². The third-order valence-electron chi connectivity index (χ3n) is 5.86. The molecular weight excluding hydrogens is 516 g/mol. The van der Waals surface area contributed by atoms with Crippen molar-refractivity contribution in [2.45, 2.75) is 31.8 Å². The van der Waals surface area contributed by atoms with Gasteiger partial charge in [-0.3, -0.25) is 14.5 Å². The summed E-state index contributed by atoms with van der Waals surface area (Å²) in [4.78, 5) is 56.5. The predicted octanol–water partition coefficient (Wildman–Crippen LogP) is -1.36. The molecule has 1 fully saturated rings. The zero-order valence-corrected chi connectivity index (χ0v) is 21.1. The van der Waals surface area contributed by atoms with Crippen LogP contribution >= 0.6 is 11.8 Å². The van der Waals surface area contributed by atoms with Crippen LogP contribution in [-0.2, 0) is 25.8 Å². The van der Waals surface area contributed by atoms with Crippen molar-refractivity contribution in [1.29, 1.82) is 0 Å². The minimum absolute atomic E-state index is 0.0126. The largest absolute Gasteiger partial charge is 0.543 e. The maximum Gasteiger partial charge on any atom is 0.401 e. The SMILES string of the molecule is CCON=C(C(=O)NC1C(=O)N2C(C(=O)[O-])=C(C[n+]3cccc4nc(C)oc43)CS[C@@H]12)c1cnc(N)nc1. The van der Waals surface area contributed by atoms with E-state index in [0.29, 0.717) is 22.7 Å². The smallest absolute Gasteiger partial charge is 0.401 e. The highest BCUT2D eigenvalue weighted by atomic mass is 32.2. The molecule has 196 valence electrons. The first-order chi connectivity index (χ1) is 18.3. The first-order valence-corrected chi connectivity index (χ1v) is 12.6. The third kappa shape index (κ3) is 4.51. The Morgan fingerprint density at radius 1 is 1.39 bits per heavy atom. The normalized spacial score (nSPS) is 19.3. The first-order valence-electron chi connectivity index (χ1n) is 11.5. The van der Waals surface area contributed by atoms with Crippen molar-refractivity contribution in [1.82, 2.24) is 25.2 Å². The fourth-order valence-corrected chi connectivity index (χ4v) is 5.54. The molecule has 2 aliphatic heterocycles. The van der Waals surface area contributed by atoms with Crippen LogP contribution in [-0.4, -0.2) is 67.1 Å². The average Bonchev–Trinajstić information content (AvgIpc) is 3.29. The van der Waals surface area contributed by atoms with Crippen LogP contribution in [0.25, 0.3) is 11.2 Å². The van der Waals surface area contributed by atoms with E-state index >= 15 is 0 Å². The van der Waals surface area contributed by atoms with Crippen molar-refractivity contribution < 1.29 is 33.3 Å². The molecule has 1 unspecified atom stereocenters. The number of amides is 2. The first kappa shape index (κ1) is 25.1. The zero-order chi connectivity index (χ0) is 27.0. The third-order valence-corrected chi connectivity index (χ3v) is 7.20. The summed E-state index contributed by atoms with van der Waals surface area (Å²) < 4.78 is 7.39. The number of hydrogen-bond acceptors (Lipinski definition) is 12. The number of carbonyl (C=O) groups excluding carboxylic acids is 3. The quantitative estimate of drug-likeness (QED) is 0.149. The van der Waals surface area contributed by atoms with Gasteiger partial charge in [0.1, 0.15) is 18.0 Å². The second-order valence-electron chi connectivity index (χ2n) is 8.35. The summed E-state index contributed by atoms with van der Waals surface area (Å²) in [5, 5.41) is 18.0. The minimum atomic E-state index is -1.48. The Balaban J connectivity index is 1.38. The van der Waals surface area contributed by atoms with Gasteiger partial charge in [0, 0.05) is 42.3 Å². The van der Waals surface area contributed by atoms with Crippen molar-refractivity contribution in [2.24, 2.45) is 5.16 Å². The monoisotopic (exact) mass is 538 g/mol. The second-order valence-corrected chi connectivity index (χ2v) is 9.45. The molecule has 15 heteroatoms. The average molecular weight is 539 g/mol. The Bertz CT molecular complexity index is 1500. The number of β-lactam (4-membered cyclic amide) rings is 1. The van der Waals surface area contributed by atoms with Crippen LogP contribution in [0, 0.1) is 6.92 Å². The number of nitrogen functional groups attached to an aromatic ring is 1. The number of nitrogens with zero attached hydrogens (tertiary/aromatic N) is 6. The van der Waals surface area contributed by atoms with Crippen LogP contribution in [0.3, 0.4) is 0 Å². The van der Waals surface area contributed by atoms with Gasteiger partial charge < -0.3 is 30.2 Å². The molecule has 3 aromatic rings. The number of fused-ring (bicyclic) bond motifs is 2. The molecule has 0 aromatic carbocycles. The number of nitrogens with one attached hydrogen (secondary N) is 1. The number of pyridine rings is 1. The van der Waals surface area contributed by atoms with E-state index in [2.05, 4.69) is 25.4 Å². The predicted molar refractivity (Wildman–Crippen MR) is 131 cm³/mol. The zero-order valence-electron chi connectivity index (χ0n) is 20.3. The Morgan fingerprint density at radius 2 is 2.16 bits per heavy atom. The van der Waals surface area contributed by atoms with Gasteiger partial charge in [0.2, 0.25) is 5.95 Å². The van der Waals surface area contributed by atoms with E-state index in [0.717, 1.165) is 4.90 Å². The summed E-state index contributed by atoms with van der Waals surface area (Å²) in [5.74, 6) is -2.01. The van der Waals surface area contributed by atoms with E-state index < -0.39 is 29.2 Å². The fraction of sp³-hybridized carbons (Fsp3) is 0.304. The molecule has 2 amide bonds. The van der Waals surface area contributed by atoms with Gasteiger partial charge in [-0.25, -0.2) is 15.0 Å². The maximum atomic E-state index is 13.1. The summed E-state index contributed by atoms with van der Waals surface area (Å²) in [7, 11) is 0. The molecule has 0 aliphatic carbocycles. The molecule has 14 nitrogen and oxygen atoms in total. The van der Waals surface area contributed by atoms with Crippen molar-refractivity contribution in [2.75, 3.05) is 18.1 Å². The summed E-state index contributed by atoms with van der Waals surface area (Å²) >= 11 is 1.32. The second kappa shape index (κ2) is 10.1. The summed E-state index contributed by atoms with van der Waals surface area (Å²) in [6, 6.07) is 2.57. The number of carboxylic acid groups (broad SMARTS) is 1. The number of thioether (sulfide) groups is 1. The van der Waals surface area contributed by atoms with Gasteiger partial charge in [0.15, 0.2) is 29.9 Å². The van der Waals surface area contributed by atoms with Gasteiger partial charge >= 0.3 is 5.71 Å². The number of carbonyl (C=O) groups is 3. The highest BCUT2D eigenvalue weighted by Gasteiger charge is 2.53. The van der Waals surface area contributed by atoms with E-state index in [4.69, 9.17) is 15.0 Å². The van der Waals surface area contributed by atoms with Crippen LogP contribution in [0.4, 0.5) is 5.95 Å². The maximum absolute atomic E-state index is 13.1. The van der Waals surface area contributed by atoms with E-state index in [1.807, 2.05) is 0 Å². The van der Waals surface area contributed by atoms with Crippen molar-refractivity contribution in [3.8, 4) is 0 Å². The van der Waals surface area contributed by atoms with Gasteiger partial charge in [0.05, 0.1) is 11.7 Å². The molecule has 0 spiro atoms. The molecule has 3 aromatic heterocycles. The number of aryl methyl sites for hydroxylation is 1. The highest BCUT2D eigenvalue weighted by Crippen LogP contribution is 2.40. The Labute approximate surface area is 219 Å². The lowest BCUT2D eigenvalue weighted by atomic mass is 10.0. The van der Waals surface area contributed by atoms with E-state index in [9.17, 15) is 19.5 Å². The number of hydrogen-bond donors (Lipinski definition) is 2. The van der Waals surface area contributed by atoms with Crippen molar-refractivity contribution in [3.63, 3.8) is 0 Å². The van der Waals surface area contributed by atoms with E-state index in [1.54, 1.807) is 36.7 Å². The number of anilines is 1. The minimum Gasteiger partial charge on any atom is -0.543 e. The molecule has 2 aliphatic rings. The summed E-state index contributed by atoms with van der Waals surface area (Å²) in [6.45, 7) is 3.76. The number of aliphatic carboxylic acids is 1. The van der Waals surface area contributed by atoms with Gasteiger partial charge in [-0.05, 0) is 13.0 Å². The van der Waals surface area contributed by atoms with Crippen molar-refractivity contribution >= 4 is 52.4 Å². The summed E-state index contributed by atoms with van der Waals surface area (Å²) in [6.07, 6.45) is 4.35. The van der Waals surface area contributed by atoms with E-state index in [1.165, 1.54) is 24.2 Å². The molecular formula is C23H22N8O6S. The van der Waals surface area contributed by atoms with Gasteiger partial charge in [-0.1, -0.05) is 5.16 Å². The molecule has 0 bridgehead atoms. The van der Waals surface area contributed by atoms with Gasteiger partial charge in [0.25, 0.3) is 11.8 Å². The molecule has 5 heterocycles. The lowest BCUT2D eigenvalue weighted by molar-refractivity contribution is -0.669. The number of nitrogens with two attached hydrogens (primary N) is 1. The number of rotatable bonds is 8. The Morgan fingerprint density at radius 3 is 2.87 bits per heavy atom. The molecule has 1 saturated heterocycles. The van der Waals surface area contributed by atoms with Crippen LogP contribution in [0.2, 0.25) is 0 Å². The number of aromatic nitrogens is 4. The van der Waals surface area contributed by atoms with Crippen LogP contribution in [0.1, 0.15) is 18.4 Å². The van der Waals surface area contributed by atoms with Crippen LogP contribution in [0.15, 0.2) is 51.6 Å². The molecule has 3 N–H and O–H groups in total. The summed E-state index contributed by atoms with van der Waals surface area (Å²) in [5.41, 5.74) is 6.95. The Kier molecular flexibility index (Phi) is 6.67. The number of oxime groups is 1. The lowest BCUT2D eigenvalue weighted by Gasteiger charge is -2.50. The van der Waals surface area contributed by atoms with Gasteiger partial charge in [-0.15, -0.1) is 11.8 Å². The van der Waals surface area contributed by atoms with Gasteiger partial charge in [-0.2, -0.15) is 4.57 Å². The topological polar surface area (TPSA) is 193 Å². The fourth-order valence-electron chi connectivity index (χ4n) is 4.20. The van der Waals surface area contributed by atoms with Crippen molar-refractivity contribution in [3.05, 3.63) is 53.4 Å².